The zero-order chi connectivity index (χ0) is 20.4. The lowest BCUT2D eigenvalue weighted by atomic mass is 10.1. The summed E-state index contributed by atoms with van der Waals surface area (Å²) in [6.07, 6.45) is 1.12. The van der Waals surface area contributed by atoms with Gasteiger partial charge in [-0.2, -0.15) is 0 Å². The molecule has 0 atom stereocenters. The lowest BCUT2D eigenvalue weighted by Gasteiger charge is -2.25. The van der Waals surface area contributed by atoms with E-state index in [2.05, 4.69) is 10.3 Å². The standard InChI is InChI=1S/C9H19NO2.C5H9NO.C4H10O/c1-8(2,3)10-7(11)12-9(4,5)6;1-5(2,3)6-4-7;1-4(2,3)5/h1-6H3,(H,10,11);1-3H3;5H,1-3H3. The summed E-state index contributed by atoms with van der Waals surface area (Å²) in [5.41, 5.74) is -1.40. The lowest BCUT2D eigenvalue weighted by Crippen LogP contribution is -2.43. The second-order valence-electron chi connectivity index (χ2n) is 9.42. The van der Waals surface area contributed by atoms with Crippen molar-refractivity contribution in [2.24, 2.45) is 4.99 Å². The first-order valence-corrected chi connectivity index (χ1v) is 7.99. The van der Waals surface area contributed by atoms with Crippen LogP contribution in [0.5, 0.6) is 0 Å². The Kier molecular flexibility index (Phi) is 12.0. The largest absolute Gasteiger partial charge is 0.444 e. The van der Waals surface area contributed by atoms with Crippen molar-refractivity contribution in [3.8, 4) is 0 Å². The van der Waals surface area contributed by atoms with Crippen LogP contribution in [0.2, 0.25) is 0 Å². The number of hydrogen-bond acceptors (Lipinski definition) is 5. The summed E-state index contributed by atoms with van der Waals surface area (Å²) in [6.45, 7) is 22.0. The van der Waals surface area contributed by atoms with Gasteiger partial charge in [-0.3, -0.25) is 0 Å². The molecule has 0 saturated carbocycles. The number of rotatable bonds is 0. The topological polar surface area (TPSA) is 88.0 Å². The minimum absolute atomic E-state index is 0.234. The van der Waals surface area contributed by atoms with Gasteiger partial charge in [0.05, 0.1) is 11.1 Å². The zero-order valence-corrected chi connectivity index (χ0v) is 17.6. The monoisotopic (exact) mass is 346 g/mol. The van der Waals surface area contributed by atoms with Crippen molar-refractivity contribution >= 4 is 12.2 Å². The number of nitrogens with one attached hydrogen (secondary N) is 1. The third-order valence-electron chi connectivity index (χ3n) is 1.26. The molecule has 0 aromatic rings. The fourth-order valence-electron chi connectivity index (χ4n) is 0.747. The highest BCUT2D eigenvalue weighted by Crippen LogP contribution is 2.08. The highest BCUT2D eigenvalue weighted by atomic mass is 16.6. The SMILES string of the molecule is CC(C)(C)N=C=O.CC(C)(C)NC(=O)OC(C)(C)C.CC(C)(C)O. The molecule has 0 radical (unpaired) electrons. The predicted molar refractivity (Wildman–Crippen MR) is 99.0 cm³/mol. The van der Waals surface area contributed by atoms with Crippen LogP contribution in [0, 0.1) is 0 Å². The molecule has 0 aromatic carbocycles. The number of alkyl carbamates (subject to hydrolysis) is 1. The van der Waals surface area contributed by atoms with Gasteiger partial charge in [-0.25, -0.2) is 14.6 Å². The van der Waals surface area contributed by atoms with Crippen molar-refractivity contribution in [2.75, 3.05) is 0 Å². The maximum Gasteiger partial charge on any atom is 0.408 e. The van der Waals surface area contributed by atoms with E-state index in [1.165, 1.54) is 6.08 Å². The van der Waals surface area contributed by atoms with E-state index < -0.39 is 11.2 Å². The number of carbonyl (C=O) groups excluding carboxylic acids is 2. The number of amides is 1. The quantitative estimate of drug-likeness (QED) is 0.508. The van der Waals surface area contributed by atoms with Crippen LogP contribution in [-0.4, -0.2) is 39.6 Å². The Morgan fingerprint density at radius 3 is 1.38 bits per heavy atom. The fourth-order valence-corrected chi connectivity index (χ4v) is 0.747. The van der Waals surface area contributed by atoms with Crippen LogP contribution < -0.4 is 5.32 Å². The van der Waals surface area contributed by atoms with E-state index in [0.29, 0.717) is 0 Å². The molecule has 0 saturated heterocycles. The number of ether oxygens (including phenoxy) is 1. The Labute approximate surface area is 148 Å². The molecule has 0 aromatic heterocycles. The zero-order valence-electron chi connectivity index (χ0n) is 17.6. The van der Waals surface area contributed by atoms with Crippen LogP contribution in [0.25, 0.3) is 0 Å². The number of isocyanates is 1. The van der Waals surface area contributed by atoms with E-state index in [0.717, 1.165) is 0 Å². The molecule has 1 amide bonds. The summed E-state index contributed by atoms with van der Waals surface area (Å²) >= 11 is 0. The Morgan fingerprint density at radius 2 is 1.25 bits per heavy atom. The maximum atomic E-state index is 11.1. The highest BCUT2D eigenvalue weighted by Gasteiger charge is 2.20. The van der Waals surface area contributed by atoms with E-state index >= 15 is 0 Å². The number of nitrogens with zero attached hydrogens (tertiary/aromatic N) is 1. The van der Waals surface area contributed by atoms with E-state index in [9.17, 15) is 9.59 Å². The van der Waals surface area contributed by atoms with Crippen LogP contribution in [0.3, 0.4) is 0 Å². The summed E-state index contributed by atoms with van der Waals surface area (Å²) in [6, 6.07) is 0. The van der Waals surface area contributed by atoms with Gasteiger partial charge in [0, 0.05) is 5.54 Å². The summed E-state index contributed by atoms with van der Waals surface area (Å²) in [5, 5.41) is 11.2. The van der Waals surface area contributed by atoms with Gasteiger partial charge < -0.3 is 15.2 Å². The number of aliphatic hydroxyl groups is 1. The summed E-state index contributed by atoms with van der Waals surface area (Å²) in [7, 11) is 0. The van der Waals surface area contributed by atoms with Gasteiger partial charge in [0.1, 0.15) is 5.60 Å². The molecule has 0 aliphatic heterocycles. The Balaban J connectivity index is -0.000000311. The lowest BCUT2D eigenvalue weighted by molar-refractivity contribution is 0.0480. The number of carbonyl (C=O) groups is 1. The van der Waals surface area contributed by atoms with Crippen molar-refractivity contribution in [3.63, 3.8) is 0 Å². The molecule has 2 N–H and O–H groups in total. The van der Waals surface area contributed by atoms with Gasteiger partial charge in [-0.05, 0) is 83.1 Å². The van der Waals surface area contributed by atoms with Crippen molar-refractivity contribution in [2.45, 2.75) is 105 Å². The first-order chi connectivity index (χ1) is 10.2. The minimum atomic E-state index is -0.500. The van der Waals surface area contributed by atoms with Crippen LogP contribution >= 0.6 is 0 Å². The Hall–Kier alpha value is -1.39. The molecular formula is C18H38N2O4. The molecular weight excluding hydrogens is 308 g/mol. The average Bonchev–Trinajstić information content (AvgIpc) is 2.05. The first-order valence-electron chi connectivity index (χ1n) is 7.99. The smallest absolute Gasteiger partial charge is 0.408 e. The molecule has 0 heterocycles. The summed E-state index contributed by atoms with van der Waals surface area (Å²) in [4.78, 5) is 24.1. The molecule has 0 bridgehead atoms. The summed E-state index contributed by atoms with van der Waals surface area (Å²) in [5.74, 6) is 0. The van der Waals surface area contributed by atoms with E-state index in [1.54, 1.807) is 20.8 Å². The highest BCUT2D eigenvalue weighted by molar-refractivity contribution is 5.68. The third kappa shape index (κ3) is 49.8. The molecule has 0 aliphatic carbocycles. The number of hydrogen-bond donors (Lipinski definition) is 2. The average molecular weight is 347 g/mol. The minimum Gasteiger partial charge on any atom is -0.444 e. The first kappa shape index (κ1) is 27.5. The number of aliphatic imine (C=N–C) groups is 1. The molecule has 0 unspecified atom stereocenters. The van der Waals surface area contributed by atoms with Gasteiger partial charge in [0.25, 0.3) is 0 Å². The molecule has 6 heteroatoms. The van der Waals surface area contributed by atoms with Gasteiger partial charge in [0.2, 0.25) is 6.08 Å². The maximum absolute atomic E-state index is 11.1. The Bertz CT molecular complexity index is 375. The van der Waals surface area contributed by atoms with Crippen LogP contribution in [0.1, 0.15) is 83.1 Å². The van der Waals surface area contributed by atoms with E-state index in [1.807, 2.05) is 62.3 Å². The second-order valence-corrected chi connectivity index (χ2v) is 9.42. The van der Waals surface area contributed by atoms with Gasteiger partial charge in [0.15, 0.2) is 0 Å². The predicted octanol–water partition coefficient (Wildman–Crippen LogP) is 4.21. The Morgan fingerprint density at radius 1 is 0.917 bits per heavy atom. The molecule has 0 spiro atoms. The van der Waals surface area contributed by atoms with Gasteiger partial charge in [-0.15, -0.1) is 0 Å². The molecule has 144 valence electrons. The van der Waals surface area contributed by atoms with Crippen molar-refractivity contribution in [1.82, 2.24) is 5.32 Å². The van der Waals surface area contributed by atoms with Gasteiger partial charge in [-0.1, -0.05) is 0 Å². The van der Waals surface area contributed by atoms with Crippen LogP contribution in [0.4, 0.5) is 4.79 Å². The van der Waals surface area contributed by atoms with Crippen LogP contribution in [-0.2, 0) is 9.53 Å². The van der Waals surface area contributed by atoms with E-state index in [4.69, 9.17) is 9.84 Å². The van der Waals surface area contributed by atoms with Gasteiger partial charge >= 0.3 is 6.09 Å². The molecule has 6 nitrogen and oxygen atoms in total. The second kappa shape index (κ2) is 10.5. The van der Waals surface area contributed by atoms with Crippen LogP contribution in [0.15, 0.2) is 4.99 Å². The molecule has 0 aliphatic rings. The van der Waals surface area contributed by atoms with Crippen molar-refractivity contribution < 1.29 is 19.4 Å². The summed E-state index contributed by atoms with van der Waals surface area (Å²) < 4.78 is 5.06. The van der Waals surface area contributed by atoms with Crippen molar-refractivity contribution in [3.05, 3.63) is 0 Å². The van der Waals surface area contributed by atoms with E-state index in [-0.39, 0.29) is 17.2 Å². The third-order valence-corrected chi connectivity index (χ3v) is 1.26. The fraction of sp³-hybridized carbons (Fsp3) is 0.889. The normalized spacial score (nSPS) is 11.7. The molecule has 24 heavy (non-hydrogen) atoms. The van der Waals surface area contributed by atoms with Crippen molar-refractivity contribution in [1.29, 1.82) is 0 Å². The molecule has 0 rings (SSSR count). The molecule has 0 fully saturated rings.